The van der Waals surface area contributed by atoms with Crippen LogP contribution in [0.3, 0.4) is 0 Å². The molecule has 142 valence electrons. The zero-order valence-corrected chi connectivity index (χ0v) is 15.2. The summed E-state index contributed by atoms with van der Waals surface area (Å²) in [5.74, 6) is -0.192. The number of ether oxygens (including phenoxy) is 1. The Kier molecular flexibility index (Phi) is 6.17. The molecule has 0 spiro atoms. The molecule has 3 nitrogen and oxygen atoms in total. The maximum atomic E-state index is 12.9. The van der Waals surface area contributed by atoms with Crippen LogP contribution in [-0.2, 0) is 4.79 Å². The third kappa shape index (κ3) is 5.27. The average molecular weight is 379 g/mol. The molecule has 0 unspecified atom stereocenters. The summed E-state index contributed by atoms with van der Waals surface area (Å²) in [7, 11) is 0. The first-order chi connectivity index (χ1) is 13.5. The van der Waals surface area contributed by atoms with E-state index in [2.05, 4.69) is 10.1 Å². The molecule has 3 rings (SSSR count). The Labute approximate surface area is 162 Å². The van der Waals surface area contributed by atoms with E-state index in [9.17, 15) is 13.6 Å². The van der Waals surface area contributed by atoms with E-state index in [-0.39, 0.29) is 11.7 Å². The highest BCUT2D eigenvalue weighted by molar-refractivity contribution is 6.29. The molecule has 3 aromatic carbocycles. The topological polar surface area (TPSA) is 38.3 Å². The summed E-state index contributed by atoms with van der Waals surface area (Å²) in [5.41, 5.74) is 3.65. The molecule has 0 heterocycles. The highest BCUT2D eigenvalue weighted by Crippen LogP contribution is 2.23. The standard InChI is InChI=1S/C23H19F2NO2/c1-16-6-5-9-19(14-16)26-22(27)21(18-7-3-2-4-8-18)15-17-10-12-20(13-11-17)28-23(24)25/h2-15,23H,1H3,(H,26,27)/b21-15+. The molecule has 0 fully saturated rings. The minimum absolute atomic E-state index is 0.0672. The zero-order chi connectivity index (χ0) is 19.9. The van der Waals surface area contributed by atoms with E-state index in [1.54, 1.807) is 18.2 Å². The smallest absolute Gasteiger partial charge is 0.387 e. The molecule has 5 heteroatoms. The van der Waals surface area contributed by atoms with Crippen LogP contribution in [0.2, 0.25) is 0 Å². The van der Waals surface area contributed by atoms with Gasteiger partial charge >= 0.3 is 6.61 Å². The third-order valence-electron chi connectivity index (χ3n) is 4.02. The second-order valence-corrected chi connectivity index (χ2v) is 6.20. The maximum absolute atomic E-state index is 12.9. The van der Waals surface area contributed by atoms with Gasteiger partial charge in [0, 0.05) is 11.3 Å². The van der Waals surface area contributed by atoms with E-state index in [0.29, 0.717) is 16.8 Å². The summed E-state index contributed by atoms with van der Waals surface area (Å²) in [6.45, 7) is -0.923. The number of nitrogens with one attached hydrogen (secondary N) is 1. The van der Waals surface area contributed by atoms with Crippen molar-refractivity contribution in [2.75, 3.05) is 5.32 Å². The summed E-state index contributed by atoms with van der Waals surface area (Å²) < 4.78 is 29.0. The zero-order valence-electron chi connectivity index (χ0n) is 15.2. The molecule has 0 radical (unpaired) electrons. The quantitative estimate of drug-likeness (QED) is 0.436. The molecule has 0 bridgehead atoms. The van der Waals surface area contributed by atoms with Crippen molar-refractivity contribution in [3.63, 3.8) is 0 Å². The first-order valence-corrected chi connectivity index (χ1v) is 8.71. The Morgan fingerprint density at radius 3 is 2.32 bits per heavy atom. The minimum atomic E-state index is -2.87. The van der Waals surface area contributed by atoms with E-state index in [4.69, 9.17) is 0 Å². The minimum Gasteiger partial charge on any atom is -0.435 e. The number of hydrogen-bond donors (Lipinski definition) is 1. The van der Waals surface area contributed by atoms with E-state index in [1.807, 2.05) is 61.5 Å². The number of amides is 1. The van der Waals surface area contributed by atoms with Crippen LogP contribution in [0.4, 0.5) is 14.5 Å². The third-order valence-corrected chi connectivity index (χ3v) is 4.02. The van der Waals surface area contributed by atoms with Gasteiger partial charge in [0.05, 0.1) is 0 Å². The van der Waals surface area contributed by atoms with Crippen LogP contribution in [0.25, 0.3) is 11.6 Å². The molecule has 0 aliphatic heterocycles. The average Bonchev–Trinajstić information content (AvgIpc) is 2.67. The lowest BCUT2D eigenvalue weighted by molar-refractivity contribution is -0.111. The van der Waals surface area contributed by atoms with Crippen LogP contribution in [-0.4, -0.2) is 12.5 Å². The summed E-state index contributed by atoms with van der Waals surface area (Å²) in [4.78, 5) is 12.9. The molecule has 28 heavy (non-hydrogen) atoms. The van der Waals surface area contributed by atoms with Crippen molar-refractivity contribution in [3.05, 3.63) is 95.6 Å². The van der Waals surface area contributed by atoms with E-state index < -0.39 is 6.61 Å². The predicted molar refractivity (Wildman–Crippen MR) is 107 cm³/mol. The van der Waals surface area contributed by atoms with Crippen molar-refractivity contribution in [1.29, 1.82) is 0 Å². The summed E-state index contributed by atoms with van der Waals surface area (Å²) in [6.07, 6.45) is 1.71. The Morgan fingerprint density at radius 1 is 0.964 bits per heavy atom. The van der Waals surface area contributed by atoms with Crippen LogP contribution in [0.15, 0.2) is 78.9 Å². The van der Waals surface area contributed by atoms with Crippen molar-refractivity contribution in [3.8, 4) is 5.75 Å². The number of carbonyl (C=O) groups excluding carboxylic acids is 1. The van der Waals surface area contributed by atoms with Crippen molar-refractivity contribution >= 4 is 23.2 Å². The van der Waals surface area contributed by atoms with Crippen LogP contribution >= 0.6 is 0 Å². The molecule has 1 N–H and O–H groups in total. The molecule has 3 aromatic rings. The van der Waals surface area contributed by atoms with Gasteiger partial charge in [-0.3, -0.25) is 4.79 Å². The van der Waals surface area contributed by atoms with Crippen LogP contribution in [0.1, 0.15) is 16.7 Å². The van der Waals surface area contributed by atoms with Crippen molar-refractivity contribution in [1.82, 2.24) is 0 Å². The van der Waals surface area contributed by atoms with Crippen LogP contribution in [0, 0.1) is 6.92 Å². The van der Waals surface area contributed by atoms with Crippen molar-refractivity contribution in [2.45, 2.75) is 13.5 Å². The van der Waals surface area contributed by atoms with Crippen LogP contribution in [0.5, 0.6) is 5.75 Å². The number of benzene rings is 3. The largest absolute Gasteiger partial charge is 0.435 e. The Balaban J connectivity index is 1.91. The molecule has 0 saturated carbocycles. The number of aryl methyl sites for hydroxylation is 1. The lowest BCUT2D eigenvalue weighted by Gasteiger charge is -2.11. The van der Waals surface area contributed by atoms with Gasteiger partial charge in [-0.1, -0.05) is 54.6 Å². The second-order valence-electron chi connectivity index (χ2n) is 6.20. The number of alkyl halides is 2. The van der Waals surface area contributed by atoms with E-state index in [1.165, 1.54) is 12.1 Å². The first kappa shape index (κ1) is 19.3. The highest BCUT2D eigenvalue weighted by atomic mass is 19.3. The van der Waals surface area contributed by atoms with Gasteiger partial charge in [0.25, 0.3) is 5.91 Å². The summed E-state index contributed by atoms with van der Waals surface area (Å²) in [6, 6.07) is 22.9. The first-order valence-electron chi connectivity index (χ1n) is 8.71. The fraction of sp³-hybridized carbons (Fsp3) is 0.0870. The van der Waals surface area contributed by atoms with Gasteiger partial charge < -0.3 is 10.1 Å². The molecule has 0 aliphatic rings. The molecular weight excluding hydrogens is 360 g/mol. The van der Waals surface area contributed by atoms with Gasteiger partial charge in [0.1, 0.15) is 5.75 Å². The molecular formula is C23H19F2NO2. The molecule has 0 aliphatic carbocycles. The molecule has 0 atom stereocenters. The van der Waals surface area contributed by atoms with Gasteiger partial charge in [-0.05, 0) is 54.0 Å². The van der Waals surface area contributed by atoms with Crippen LogP contribution < -0.4 is 10.1 Å². The van der Waals surface area contributed by atoms with Gasteiger partial charge in [0.15, 0.2) is 0 Å². The number of halogens is 2. The van der Waals surface area contributed by atoms with Crippen molar-refractivity contribution in [2.24, 2.45) is 0 Å². The number of carbonyl (C=O) groups is 1. The Hall–Kier alpha value is -3.47. The lowest BCUT2D eigenvalue weighted by Crippen LogP contribution is -2.13. The molecule has 1 amide bonds. The second kappa shape index (κ2) is 8.95. The Bertz CT molecular complexity index is 967. The number of hydrogen-bond acceptors (Lipinski definition) is 2. The fourth-order valence-corrected chi connectivity index (χ4v) is 2.73. The lowest BCUT2D eigenvalue weighted by atomic mass is 10.0. The van der Waals surface area contributed by atoms with E-state index in [0.717, 1.165) is 11.1 Å². The number of anilines is 1. The Morgan fingerprint density at radius 2 is 1.68 bits per heavy atom. The van der Waals surface area contributed by atoms with Gasteiger partial charge in [-0.2, -0.15) is 8.78 Å². The van der Waals surface area contributed by atoms with Gasteiger partial charge in [-0.15, -0.1) is 0 Å². The van der Waals surface area contributed by atoms with Gasteiger partial charge in [0.2, 0.25) is 0 Å². The fourth-order valence-electron chi connectivity index (χ4n) is 2.73. The molecule has 0 aromatic heterocycles. The normalized spacial score (nSPS) is 11.4. The monoisotopic (exact) mass is 379 g/mol. The maximum Gasteiger partial charge on any atom is 0.387 e. The molecule has 0 saturated heterocycles. The highest BCUT2D eigenvalue weighted by Gasteiger charge is 2.13. The number of rotatable bonds is 6. The van der Waals surface area contributed by atoms with E-state index >= 15 is 0 Å². The van der Waals surface area contributed by atoms with Crippen molar-refractivity contribution < 1.29 is 18.3 Å². The predicted octanol–water partition coefficient (Wildman–Crippen LogP) is 5.78. The summed E-state index contributed by atoms with van der Waals surface area (Å²) in [5, 5.41) is 2.91. The van der Waals surface area contributed by atoms with Gasteiger partial charge in [-0.25, -0.2) is 0 Å². The SMILES string of the molecule is Cc1cccc(NC(=O)/C(=C/c2ccc(OC(F)F)cc2)c2ccccc2)c1. The summed E-state index contributed by atoms with van der Waals surface area (Å²) >= 11 is 0.